The van der Waals surface area contributed by atoms with Crippen LogP contribution >= 0.6 is 0 Å². The Morgan fingerprint density at radius 3 is 2.67 bits per heavy atom. The van der Waals surface area contributed by atoms with Gasteiger partial charge in [0.1, 0.15) is 0 Å². The molecule has 0 bridgehead atoms. The Morgan fingerprint density at radius 2 is 2.07 bits per heavy atom. The summed E-state index contributed by atoms with van der Waals surface area (Å²) >= 11 is 0. The molecule has 0 aromatic heterocycles. The molecule has 0 aliphatic carbocycles. The van der Waals surface area contributed by atoms with Crippen LogP contribution in [0, 0.1) is 11.8 Å². The van der Waals surface area contributed by atoms with E-state index in [9.17, 15) is 9.59 Å². The number of hydrogen-bond acceptors (Lipinski definition) is 3. The van der Waals surface area contributed by atoms with E-state index in [1.54, 1.807) is 11.8 Å². The lowest BCUT2D eigenvalue weighted by atomic mass is 10.3. The lowest BCUT2D eigenvalue weighted by molar-refractivity contribution is -0.132. The van der Waals surface area contributed by atoms with E-state index in [1.165, 1.54) is 0 Å². The van der Waals surface area contributed by atoms with E-state index in [2.05, 4.69) is 22.5 Å². The number of carbonyl (C=O) groups excluding carboxylic acids is 2. The molecule has 1 rings (SSSR count). The second kappa shape index (κ2) is 6.04. The molecule has 1 aliphatic heterocycles. The molecule has 0 unspecified atom stereocenters. The highest BCUT2D eigenvalue weighted by molar-refractivity contribution is 5.95. The fraction of sp³-hybridized carbons (Fsp3) is 0.600. The zero-order chi connectivity index (χ0) is 11.1. The Hall–Kier alpha value is -1.54. The summed E-state index contributed by atoms with van der Waals surface area (Å²) in [7, 11) is 0. The van der Waals surface area contributed by atoms with Gasteiger partial charge < -0.3 is 15.5 Å². The van der Waals surface area contributed by atoms with Crippen molar-refractivity contribution in [1.29, 1.82) is 0 Å². The van der Waals surface area contributed by atoms with Gasteiger partial charge in [-0.25, -0.2) is 0 Å². The summed E-state index contributed by atoms with van der Waals surface area (Å²) in [6.07, 6.45) is 0. The van der Waals surface area contributed by atoms with Crippen LogP contribution in [-0.4, -0.2) is 49.4 Å². The molecule has 0 radical (unpaired) electrons. The molecule has 0 saturated carbocycles. The van der Waals surface area contributed by atoms with E-state index in [1.807, 2.05) is 0 Å². The van der Waals surface area contributed by atoms with Gasteiger partial charge in [0.2, 0.25) is 5.91 Å². The standard InChI is InChI=1S/C10H15N3O2/c1-2-3-9(14)12-8-10(15)13-6-4-11-5-7-13/h11H,4-8H2,1H3,(H,12,14). The largest absolute Gasteiger partial charge is 0.339 e. The van der Waals surface area contributed by atoms with Crippen LogP contribution in [0.5, 0.6) is 0 Å². The van der Waals surface area contributed by atoms with Crippen molar-refractivity contribution in [3.05, 3.63) is 0 Å². The van der Waals surface area contributed by atoms with Gasteiger partial charge in [-0.1, -0.05) is 5.92 Å². The zero-order valence-corrected chi connectivity index (χ0v) is 8.80. The van der Waals surface area contributed by atoms with E-state index in [0.29, 0.717) is 13.1 Å². The van der Waals surface area contributed by atoms with Crippen molar-refractivity contribution in [2.75, 3.05) is 32.7 Å². The number of hydrogen-bond donors (Lipinski definition) is 2. The smallest absolute Gasteiger partial charge is 0.296 e. The van der Waals surface area contributed by atoms with Crippen LogP contribution < -0.4 is 10.6 Å². The maximum absolute atomic E-state index is 11.5. The first kappa shape index (κ1) is 11.5. The Balaban J connectivity index is 2.27. The summed E-state index contributed by atoms with van der Waals surface area (Å²) in [6.45, 7) is 4.65. The molecule has 0 aromatic carbocycles. The number of amides is 2. The topological polar surface area (TPSA) is 61.4 Å². The Morgan fingerprint density at radius 1 is 1.40 bits per heavy atom. The van der Waals surface area contributed by atoms with Gasteiger partial charge in [0.25, 0.3) is 5.91 Å². The molecular formula is C10H15N3O2. The van der Waals surface area contributed by atoms with E-state index in [4.69, 9.17) is 0 Å². The predicted molar refractivity (Wildman–Crippen MR) is 55.9 cm³/mol. The molecule has 5 heteroatoms. The predicted octanol–water partition coefficient (Wildman–Crippen LogP) is -1.44. The number of nitrogens with zero attached hydrogens (tertiary/aromatic N) is 1. The van der Waals surface area contributed by atoms with Crippen molar-refractivity contribution in [2.45, 2.75) is 6.92 Å². The van der Waals surface area contributed by atoms with Gasteiger partial charge in [0, 0.05) is 26.2 Å². The van der Waals surface area contributed by atoms with Crippen molar-refractivity contribution in [3.63, 3.8) is 0 Å². The van der Waals surface area contributed by atoms with Crippen molar-refractivity contribution in [1.82, 2.24) is 15.5 Å². The molecule has 1 heterocycles. The number of carbonyl (C=O) groups is 2. The minimum absolute atomic E-state index is 0.0352. The summed E-state index contributed by atoms with van der Waals surface area (Å²) in [5.74, 6) is 4.34. The van der Waals surface area contributed by atoms with E-state index >= 15 is 0 Å². The second-order valence-corrected chi connectivity index (χ2v) is 3.19. The van der Waals surface area contributed by atoms with Gasteiger partial charge in [-0.05, 0) is 12.8 Å². The number of piperazine rings is 1. The van der Waals surface area contributed by atoms with Crippen molar-refractivity contribution in [3.8, 4) is 11.8 Å². The Labute approximate surface area is 89.2 Å². The summed E-state index contributed by atoms with van der Waals surface area (Å²) < 4.78 is 0. The monoisotopic (exact) mass is 209 g/mol. The maximum Gasteiger partial charge on any atom is 0.296 e. The Kier molecular flexibility index (Phi) is 4.64. The van der Waals surface area contributed by atoms with Gasteiger partial charge in [-0.2, -0.15) is 0 Å². The lowest BCUT2D eigenvalue weighted by Gasteiger charge is -2.27. The maximum atomic E-state index is 11.5. The quantitative estimate of drug-likeness (QED) is 0.547. The molecule has 1 aliphatic rings. The Bertz CT molecular complexity index is 298. The highest BCUT2D eigenvalue weighted by Crippen LogP contribution is 1.91. The molecule has 2 amide bonds. The van der Waals surface area contributed by atoms with Crippen molar-refractivity contribution in [2.24, 2.45) is 0 Å². The van der Waals surface area contributed by atoms with Gasteiger partial charge in [0.05, 0.1) is 6.54 Å². The average molecular weight is 209 g/mol. The molecule has 0 spiro atoms. The summed E-state index contributed by atoms with van der Waals surface area (Å²) in [5.41, 5.74) is 0. The molecule has 1 fully saturated rings. The highest BCUT2D eigenvalue weighted by Gasteiger charge is 2.15. The molecule has 0 aromatic rings. The van der Waals surface area contributed by atoms with Crippen LogP contribution in [0.25, 0.3) is 0 Å². The third kappa shape index (κ3) is 4.00. The van der Waals surface area contributed by atoms with Crippen LogP contribution in [0.4, 0.5) is 0 Å². The summed E-state index contributed by atoms with van der Waals surface area (Å²) in [6, 6.07) is 0. The van der Waals surface area contributed by atoms with E-state index < -0.39 is 5.91 Å². The average Bonchev–Trinajstić information content (AvgIpc) is 2.27. The first-order valence-corrected chi connectivity index (χ1v) is 4.93. The fourth-order valence-corrected chi connectivity index (χ4v) is 1.34. The van der Waals surface area contributed by atoms with Crippen LogP contribution in [-0.2, 0) is 9.59 Å². The second-order valence-electron chi connectivity index (χ2n) is 3.19. The first-order chi connectivity index (χ1) is 7.24. The van der Waals surface area contributed by atoms with Gasteiger partial charge in [-0.15, -0.1) is 0 Å². The van der Waals surface area contributed by atoms with Crippen LogP contribution in [0.3, 0.4) is 0 Å². The highest BCUT2D eigenvalue weighted by atomic mass is 16.2. The normalized spacial score (nSPS) is 15.1. The van der Waals surface area contributed by atoms with Gasteiger partial charge in [-0.3, -0.25) is 9.59 Å². The molecular weight excluding hydrogens is 194 g/mol. The SMILES string of the molecule is CC#CC(=O)NCC(=O)N1CCNCC1. The molecule has 82 valence electrons. The fourth-order valence-electron chi connectivity index (χ4n) is 1.34. The van der Waals surface area contributed by atoms with Crippen molar-refractivity contribution >= 4 is 11.8 Å². The summed E-state index contributed by atoms with van der Waals surface area (Å²) in [4.78, 5) is 24.2. The minimum Gasteiger partial charge on any atom is -0.339 e. The molecule has 5 nitrogen and oxygen atoms in total. The van der Waals surface area contributed by atoms with E-state index in [0.717, 1.165) is 13.1 Å². The molecule has 15 heavy (non-hydrogen) atoms. The molecule has 0 atom stereocenters. The zero-order valence-electron chi connectivity index (χ0n) is 8.80. The lowest BCUT2D eigenvalue weighted by Crippen LogP contribution is -2.49. The number of rotatable bonds is 2. The van der Waals surface area contributed by atoms with Crippen molar-refractivity contribution < 1.29 is 9.59 Å². The number of nitrogens with one attached hydrogen (secondary N) is 2. The van der Waals surface area contributed by atoms with E-state index in [-0.39, 0.29) is 12.5 Å². The third-order valence-corrected chi connectivity index (χ3v) is 2.11. The van der Waals surface area contributed by atoms with Gasteiger partial charge in [0.15, 0.2) is 0 Å². The molecule has 2 N–H and O–H groups in total. The minimum atomic E-state index is -0.402. The van der Waals surface area contributed by atoms with Crippen LogP contribution in [0.2, 0.25) is 0 Å². The molecule has 1 saturated heterocycles. The summed E-state index contributed by atoms with van der Waals surface area (Å²) in [5, 5.41) is 5.61. The van der Waals surface area contributed by atoms with Crippen LogP contribution in [0.15, 0.2) is 0 Å². The first-order valence-electron chi connectivity index (χ1n) is 4.93. The van der Waals surface area contributed by atoms with Crippen LogP contribution in [0.1, 0.15) is 6.92 Å². The van der Waals surface area contributed by atoms with Gasteiger partial charge >= 0.3 is 0 Å². The third-order valence-electron chi connectivity index (χ3n) is 2.11.